The Kier molecular flexibility index (Phi) is 6.92. The Morgan fingerprint density at radius 1 is 1.18 bits per heavy atom. The van der Waals surface area contributed by atoms with Gasteiger partial charge in [-0.3, -0.25) is 4.79 Å². The lowest BCUT2D eigenvalue weighted by Gasteiger charge is -2.37. The third kappa shape index (κ3) is 3.28. The van der Waals surface area contributed by atoms with E-state index >= 15 is 0 Å². The highest BCUT2D eigenvalue weighted by Crippen LogP contribution is 2.43. The molecule has 0 aromatic carbocycles. The van der Waals surface area contributed by atoms with Gasteiger partial charge in [0.1, 0.15) is 5.04 Å². The number of carboxylic acid groups (broad SMARTS) is 1. The van der Waals surface area contributed by atoms with Gasteiger partial charge in [0, 0.05) is 21.3 Å². The summed E-state index contributed by atoms with van der Waals surface area (Å²) >= 11 is 0. The van der Waals surface area contributed by atoms with Gasteiger partial charge >= 0.3 is 14.8 Å². The highest BCUT2D eigenvalue weighted by Gasteiger charge is 2.61. The first-order chi connectivity index (χ1) is 7.94. The zero-order chi connectivity index (χ0) is 13.5. The minimum atomic E-state index is -3.18. The molecular weight excluding hydrogens is 240 g/mol. The molecule has 1 unspecified atom stereocenters. The molecule has 0 rings (SSSR count). The van der Waals surface area contributed by atoms with Gasteiger partial charge in [-0.1, -0.05) is 26.2 Å². The van der Waals surface area contributed by atoms with Crippen molar-refractivity contribution in [1.29, 1.82) is 0 Å². The summed E-state index contributed by atoms with van der Waals surface area (Å²) in [5.41, 5.74) is 0. The van der Waals surface area contributed by atoms with E-state index in [-0.39, 0.29) is 0 Å². The molecule has 6 heteroatoms. The monoisotopic (exact) mass is 264 g/mol. The van der Waals surface area contributed by atoms with Crippen molar-refractivity contribution in [1.82, 2.24) is 0 Å². The Morgan fingerprint density at radius 3 is 1.94 bits per heavy atom. The zero-order valence-corrected chi connectivity index (χ0v) is 12.4. The summed E-state index contributed by atoms with van der Waals surface area (Å²) in [5.74, 6) is -0.925. The molecule has 0 spiro atoms. The molecule has 1 N–H and O–H groups in total. The normalized spacial score (nSPS) is 15.6. The molecule has 5 nitrogen and oxygen atoms in total. The molecule has 102 valence electrons. The van der Waals surface area contributed by atoms with E-state index in [2.05, 4.69) is 6.92 Å². The van der Waals surface area contributed by atoms with E-state index in [1.165, 1.54) is 21.3 Å². The molecule has 0 amide bonds. The SMILES string of the molecule is CCCCCC(C)(C(=O)O)[Si](OC)(OC)OC. The van der Waals surface area contributed by atoms with E-state index in [9.17, 15) is 9.90 Å². The van der Waals surface area contributed by atoms with Gasteiger partial charge in [-0.2, -0.15) is 0 Å². The summed E-state index contributed by atoms with van der Waals surface area (Å²) in [4.78, 5) is 11.5. The lowest BCUT2D eigenvalue weighted by Crippen LogP contribution is -2.56. The standard InChI is InChI=1S/C11H24O5Si/c1-6-7-8-9-11(2,10(12)13)17(14-3,15-4)16-5/h6-9H2,1-5H3,(H,12,13). The molecule has 17 heavy (non-hydrogen) atoms. The predicted molar refractivity (Wildman–Crippen MR) is 66.9 cm³/mol. The van der Waals surface area contributed by atoms with Crippen LogP contribution in [0.25, 0.3) is 0 Å². The predicted octanol–water partition coefficient (Wildman–Crippen LogP) is 2.29. The van der Waals surface area contributed by atoms with Crippen LogP contribution in [-0.4, -0.2) is 41.2 Å². The maximum absolute atomic E-state index is 11.5. The lowest BCUT2D eigenvalue weighted by molar-refractivity contribution is -0.143. The Balaban J connectivity index is 5.08. The van der Waals surface area contributed by atoms with Crippen LogP contribution in [0.1, 0.15) is 39.5 Å². The van der Waals surface area contributed by atoms with Gasteiger partial charge in [0.25, 0.3) is 0 Å². The van der Waals surface area contributed by atoms with E-state index in [1.54, 1.807) is 6.92 Å². The summed E-state index contributed by atoms with van der Waals surface area (Å²) in [7, 11) is 1.15. The average Bonchev–Trinajstić information content (AvgIpc) is 2.32. The van der Waals surface area contributed by atoms with Crippen LogP contribution < -0.4 is 0 Å². The molecule has 0 aromatic rings. The summed E-state index contributed by atoms with van der Waals surface area (Å²) in [6.45, 7) is 3.72. The second-order valence-corrected chi connectivity index (χ2v) is 7.70. The van der Waals surface area contributed by atoms with E-state index in [1.807, 2.05) is 0 Å². The van der Waals surface area contributed by atoms with Gasteiger partial charge in [0.15, 0.2) is 0 Å². The maximum Gasteiger partial charge on any atom is 0.517 e. The number of carbonyl (C=O) groups is 1. The largest absolute Gasteiger partial charge is 0.517 e. The highest BCUT2D eigenvalue weighted by molar-refractivity contribution is 6.68. The van der Waals surface area contributed by atoms with Crippen LogP contribution in [0.5, 0.6) is 0 Å². The molecule has 0 radical (unpaired) electrons. The average molecular weight is 264 g/mol. The molecule has 0 heterocycles. The molecule has 0 aliphatic rings. The first-order valence-electron chi connectivity index (χ1n) is 5.83. The van der Waals surface area contributed by atoms with E-state index < -0.39 is 19.8 Å². The van der Waals surface area contributed by atoms with Crippen LogP contribution in [0.2, 0.25) is 5.04 Å². The number of carboxylic acids is 1. The number of rotatable bonds is 9. The van der Waals surface area contributed by atoms with Crippen molar-refractivity contribution in [2.24, 2.45) is 0 Å². The summed E-state index contributed by atoms with van der Waals surface area (Å²) < 4.78 is 15.9. The molecule has 0 fully saturated rings. The van der Waals surface area contributed by atoms with Crippen LogP contribution in [0.15, 0.2) is 0 Å². The van der Waals surface area contributed by atoms with E-state index in [0.29, 0.717) is 6.42 Å². The van der Waals surface area contributed by atoms with Crippen LogP contribution in [0.4, 0.5) is 0 Å². The molecule has 0 bridgehead atoms. The quantitative estimate of drug-likeness (QED) is 0.511. The van der Waals surface area contributed by atoms with Crippen molar-refractivity contribution >= 4 is 14.8 Å². The zero-order valence-electron chi connectivity index (χ0n) is 11.4. The minimum Gasteiger partial charge on any atom is -0.481 e. The third-order valence-corrected chi connectivity index (χ3v) is 6.66. The third-order valence-electron chi connectivity index (χ3n) is 3.23. The van der Waals surface area contributed by atoms with Crippen LogP contribution in [0.3, 0.4) is 0 Å². The van der Waals surface area contributed by atoms with Crippen molar-refractivity contribution in [2.75, 3.05) is 21.3 Å². The van der Waals surface area contributed by atoms with Crippen LogP contribution in [0, 0.1) is 0 Å². The molecule has 0 saturated heterocycles. The van der Waals surface area contributed by atoms with Crippen LogP contribution >= 0.6 is 0 Å². The van der Waals surface area contributed by atoms with Gasteiger partial charge < -0.3 is 18.4 Å². The van der Waals surface area contributed by atoms with Gasteiger partial charge in [-0.05, 0) is 13.3 Å². The Morgan fingerprint density at radius 2 is 1.65 bits per heavy atom. The van der Waals surface area contributed by atoms with Gasteiger partial charge in [0.2, 0.25) is 0 Å². The molecule has 1 atom stereocenters. The highest BCUT2D eigenvalue weighted by atomic mass is 28.4. The lowest BCUT2D eigenvalue weighted by atomic mass is 10.0. The van der Waals surface area contributed by atoms with Gasteiger partial charge in [-0.25, -0.2) is 0 Å². The van der Waals surface area contributed by atoms with Crippen molar-refractivity contribution < 1.29 is 23.2 Å². The second kappa shape index (κ2) is 7.10. The number of aliphatic carboxylic acids is 1. The summed E-state index contributed by atoms with van der Waals surface area (Å²) in [6.07, 6.45) is 3.35. The van der Waals surface area contributed by atoms with E-state index in [4.69, 9.17) is 13.3 Å². The Bertz CT molecular complexity index is 234. The van der Waals surface area contributed by atoms with Gasteiger partial charge in [-0.15, -0.1) is 0 Å². The topological polar surface area (TPSA) is 65.0 Å². The molecule has 0 saturated carbocycles. The summed E-state index contributed by atoms with van der Waals surface area (Å²) in [6, 6.07) is 0. The fourth-order valence-corrected chi connectivity index (χ4v) is 4.64. The summed E-state index contributed by atoms with van der Waals surface area (Å²) in [5, 5.41) is 8.36. The maximum atomic E-state index is 11.5. The first kappa shape index (κ1) is 16.6. The van der Waals surface area contributed by atoms with E-state index in [0.717, 1.165) is 19.3 Å². The number of hydrogen-bond donors (Lipinski definition) is 1. The van der Waals surface area contributed by atoms with Crippen molar-refractivity contribution in [3.05, 3.63) is 0 Å². The second-order valence-electron chi connectivity index (χ2n) is 4.26. The van der Waals surface area contributed by atoms with Crippen LogP contribution in [-0.2, 0) is 18.1 Å². The molecule has 0 aromatic heterocycles. The van der Waals surface area contributed by atoms with Crippen molar-refractivity contribution in [3.63, 3.8) is 0 Å². The number of hydrogen-bond acceptors (Lipinski definition) is 4. The fraction of sp³-hybridized carbons (Fsp3) is 0.909. The molecule has 0 aliphatic carbocycles. The fourth-order valence-electron chi connectivity index (χ4n) is 2.05. The van der Waals surface area contributed by atoms with Crippen molar-refractivity contribution in [2.45, 2.75) is 44.6 Å². The van der Waals surface area contributed by atoms with Crippen molar-refractivity contribution in [3.8, 4) is 0 Å². The Labute approximate surface area is 104 Å². The smallest absolute Gasteiger partial charge is 0.481 e. The first-order valence-corrected chi connectivity index (χ1v) is 7.55. The van der Waals surface area contributed by atoms with Gasteiger partial charge in [0.05, 0.1) is 0 Å². The molecular formula is C11H24O5Si. The minimum absolute atomic E-state index is 0.498. The Hall–Kier alpha value is -0.433. The molecule has 0 aliphatic heterocycles. The number of unbranched alkanes of at least 4 members (excludes halogenated alkanes) is 2.